The molecule has 0 atom stereocenters. The molecular formula is C16H24FN3O. The summed E-state index contributed by atoms with van der Waals surface area (Å²) >= 11 is 0. The van der Waals surface area contributed by atoms with E-state index in [0.717, 1.165) is 37.1 Å². The lowest BCUT2D eigenvalue weighted by atomic mass is 10.2. The minimum absolute atomic E-state index is 0.222. The molecule has 1 saturated carbocycles. The summed E-state index contributed by atoms with van der Waals surface area (Å²) in [5, 5.41) is 6.42. The molecule has 0 saturated heterocycles. The first-order valence-corrected chi connectivity index (χ1v) is 7.62. The fraction of sp³-hybridized carbons (Fsp3) is 0.562. The van der Waals surface area contributed by atoms with Crippen LogP contribution >= 0.6 is 0 Å². The zero-order valence-electron chi connectivity index (χ0n) is 12.6. The number of ether oxygens (including phenoxy) is 1. The number of nitrogens with zero attached hydrogens (tertiary/aromatic N) is 1. The van der Waals surface area contributed by atoms with Crippen molar-refractivity contribution in [3.8, 4) is 0 Å². The highest BCUT2D eigenvalue weighted by Gasteiger charge is 2.20. The molecule has 21 heavy (non-hydrogen) atoms. The van der Waals surface area contributed by atoms with E-state index in [2.05, 4.69) is 15.6 Å². The van der Waals surface area contributed by atoms with Crippen LogP contribution in [-0.2, 0) is 11.3 Å². The van der Waals surface area contributed by atoms with Gasteiger partial charge < -0.3 is 15.4 Å². The maximum absolute atomic E-state index is 12.8. The second-order valence-corrected chi connectivity index (χ2v) is 5.27. The van der Waals surface area contributed by atoms with Crippen molar-refractivity contribution in [2.75, 3.05) is 26.3 Å². The Morgan fingerprint density at radius 3 is 2.71 bits per heavy atom. The highest BCUT2D eigenvalue weighted by molar-refractivity contribution is 5.79. The summed E-state index contributed by atoms with van der Waals surface area (Å²) in [6, 6.07) is 6.41. The van der Waals surface area contributed by atoms with Crippen LogP contribution in [0, 0.1) is 11.7 Å². The highest BCUT2D eigenvalue weighted by Crippen LogP contribution is 2.28. The molecule has 116 valence electrons. The van der Waals surface area contributed by atoms with E-state index in [4.69, 9.17) is 4.74 Å². The van der Waals surface area contributed by atoms with Crippen LogP contribution < -0.4 is 10.6 Å². The van der Waals surface area contributed by atoms with E-state index in [1.165, 1.54) is 25.0 Å². The number of aliphatic imine (C=N–C) groups is 1. The Morgan fingerprint density at radius 1 is 1.29 bits per heavy atom. The van der Waals surface area contributed by atoms with Gasteiger partial charge in [0.1, 0.15) is 5.82 Å². The van der Waals surface area contributed by atoms with Crippen LogP contribution in [0.15, 0.2) is 29.3 Å². The third-order valence-corrected chi connectivity index (χ3v) is 3.27. The van der Waals surface area contributed by atoms with Crippen molar-refractivity contribution >= 4 is 5.96 Å². The number of hydrogen-bond acceptors (Lipinski definition) is 2. The van der Waals surface area contributed by atoms with Gasteiger partial charge in [-0.25, -0.2) is 9.38 Å². The highest BCUT2D eigenvalue weighted by atomic mass is 19.1. The minimum atomic E-state index is -0.222. The number of benzene rings is 1. The maximum atomic E-state index is 12.8. The molecule has 0 aliphatic heterocycles. The SMILES string of the molecule is CCNC(=NCc1ccc(F)cc1)NCCOCC1CC1. The minimum Gasteiger partial charge on any atom is -0.379 e. The van der Waals surface area contributed by atoms with Gasteiger partial charge in [-0.3, -0.25) is 0 Å². The van der Waals surface area contributed by atoms with Crippen molar-refractivity contribution in [3.63, 3.8) is 0 Å². The molecule has 2 N–H and O–H groups in total. The quantitative estimate of drug-likeness (QED) is 0.439. The third-order valence-electron chi connectivity index (χ3n) is 3.27. The molecule has 0 bridgehead atoms. The molecule has 1 aliphatic rings. The number of guanidine groups is 1. The van der Waals surface area contributed by atoms with Crippen LogP contribution in [0.5, 0.6) is 0 Å². The Hall–Kier alpha value is -1.62. The van der Waals surface area contributed by atoms with Crippen molar-refractivity contribution in [3.05, 3.63) is 35.6 Å². The Balaban J connectivity index is 1.70. The summed E-state index contributed by atoms with van der Waals surface area (Å²) in [7, 11) is 0. The number of hydrogen-bond donors (Lipinski definition) is 2. The van der Waals surface area contributed by atoms with Crippen LogP contribution in [0.2, 0.25) is 0 Å². The van der Waals surface area contributed by atoms with Gasteiger partial charge in [-0.05, 0) is 43.4 Å². The van der Waals surface area contributed by atoms with Crippen LogP contribution in [0.1, 0.15) is 25.3 Å². The standard InChI is InChI=1S/C16H24FN3O/c1-2-18-16(19-9-10-21-12-14-3-4-14)20-11-13-5-7-15(17)8-6-13/h5-8,14H,2-4,9-12H2,1H3,(H2,18,19,20). The predicted octanol–water partition coefficient (Wildman–Crippen LogP) is 2.31. The van der Waals surface area contributed by atoms with Crippen LogP contribution in [0.4, 0.5) is 4.39 Å². The summed E-state index contributed by atoms with van der Waals surface area (Å²) in [5.74, 6) is 1.34. The van der Waals surface area contributed by atoms with Crippen molar-refractivity contribution in [2.24, 2.45) is 10.9 Å². The van der Waals surface area contributed by atoms with Gasteiger partial charge in [0.15, 0.2) is 5.96 Å². The summed E-state index contributed by atoms with van der Waals surface area (Å²) < 4.78 is 18.4. The molecule has 0 heterocycles. The second kappa shape index (κ2) is 8.62. The lowest BCUT2D eigenvalue weighted by Crippen LogP contribution is -2.39. The number of halogens is 1. The lowest BCUT2D eigenvalue weighted by Gasteiger charge is -2.11. The van der Waals surface area contributed by atoms with Crippen molar-refractivity contribution < 1.29 is 9.13 Å². The van der Waals surface area contributed by atoms with E-state index in [0.29, 0.717) is 13.2 Å². The van der Waals surface area contributed by atoms with Crippen molar-refractivity contribution in [1.29, 1.82) is 0 Å². The van der Waals surface area contributed by atoms with E-state index in [9.17, 15) is 4.39 Å². The van der Waals surface area contributed by atoms with Gasteiger partial charge in [-0.1, -0.05) is 12.1 Å². The fourth-order valence-electron chi connectivity index (χ4n) is 1.88. The predicted molar refractivity (Wildman–Crippen MR) is 82.8 cm³/mol. The lowest BCUT2D eigenvalue weighted by molar-refractivity contribution is 0.129. The first kappa shape index (κ1) is 15.8. The number of rotatable bonds is 8. The van der Waals surface area contributed by atoms with Gasteiger partial charge in [-0.2, -0.15) is 0 Å². The molecule has 4 nitrogen and oxygen atoms in total. The summed E-state index contributed by atoms with van der Waals surface area (Å²) in [4.78, 5) is 4.47. The Bertz CT molecular complexity index is 443. The van der Waals surface area contributed by atoms with E-state index < -0.39 is 0 Å². The molecule has 1 aliphatic carbocycles. The van der Waals surface area contributed by atoms with Gasteiger partial charge in [-0.15, -0.1) is 0 Å². The number of nitrogens with one attached hydrogen (secondary N) is 2. The van der Waals surface area contributed by atoms with E-state index in [1.807, 2.05) is 6.92 Å². The van der Waals surface area contributed by atoms with Gasteiger partial charge >= 0.3 is 0 Å². The zero-order chi connectivity index (χ0) is 14.9. The van der Waals surface area contributed by atoms with Gasteiger partial charge in [0.25, 0.3) is 0 Å². The monoisotopic (exact) mass is 293 g/mol. The molecule has 0 radical (unpaired) electrons. The Kier molecular flexibility index (Phi) is 6.47. The fourth-order valence-corrected chi connectivity index (χ4v) is 1.88. The summed E-state index contributed by atoms with van der Waals surface area (Å²) in [6.45, 7) is 5.67. The van der Waals surface area contributed by atoms with Gasteiger partial charge in [0, 0.05) is 19.7 Å². The van der Waals surface area contributed by atoms with Crippen LogP contribution in [-0.4, -0.2) is 32.3 Å². The first-order valence-electron chi connectivity index (χ1n) is 7.62. The van der Waals surface area contributed by atoms with E-state index in [1.54, 1.807) is 12.1 Å². The largest absolute Gasteiger partial charge is 0.379 e. The van der Waals surface area contributed by atoms with Crippen molar-refractivity contribution in [2.45, 2.75) is 26.3 Å². The maximum Gasteiger partial charge on any atom is 0.191 e. The molecule has 1 aromatic rings. The van der Waals surface area contributed by atoms with Crippen molar-refractivity contribution in [1.82, 2.24) is 10.6 Å². The van der Waals surface area contributed by atoms with E-state index in [-0.39, 0.29) is 5.82 Å². The molecule has 0 amide bonds. The molecule has 0 spiro atoms. The van der Waals surface area contributed by atoms with E-state index >= 15 is 0 Å². The second-order valence-electron chi connectivity index (χ2n) is 5.27. The van der Waals surface area contributed by atoms with Gasteiger partial charge in [0.05, 0.1) is 13.2 Å². The van der Waals surface area contributed by atoms with Crippen LogP contribution in [0.3, 0.4) is 0 Å². The average Bonchev–Trinajstić information content (AvgIpc) is 3.30. The zero-order valence-corrected chi connectivity index (χ0v) is 12.6. The summed E-state index contributed by atoms with van der Waals surface area (Å²) in [6.07, 6.45) is 2.63. The molecular weight excluding hydrogens is 269 g/mol. The Morgan fingerprint density at radius 2 is 2.05 bits per heavy atom. The normalized spacial score (nSPS) is 15.0. The smallest absolute Gasteiger partial charge is 0.191 e. The summed E-state index contributed by atoms with van der Waals surface area (Å²) in [5.41, 5.74) is 0.985. The third kappa shape index (κ3) is 6.58. The molecule has 5 heteroatoms. The van der Waals surface area contributed by atoms with Crippen LogP contribution in [0.25, 0.3) is 0 Å². The average molecular weight is 293 g/mol. The first-order chi connectivity index (χ1) is 10.3. The Labute approximate surface area is 125 Å². The molecule has 1 fully saturated rings. The topological polar surface area (TPSA) is 45.7 Å². The molecule has 1 aromatic carbocycles. The molecule has 2 rings (SSSR count). The van der Waals surface area contributed by atoms with Gasteiger partial charge in [0.2, 0.25) is 0 Å². The molecule has 0 unspecified atom stereocenters. The molecule has 0 aromatic heterocycles.